The molecule has 3 rings (SSSR count). The Morgan fingerprint density at radius 3 is 2.67 bits per heavy atom. The molecule has 2 atom stereocenters. The van der Waals surface area contributed by atoms with E-state index in [1.807, 2.05) is 7.05 Å². The minimum Gasteiger partial charge on any atom is -0.356 e. The van der Waals surface area contributed by atoms with E-state index in [4.69, 9.17) is 0 Å². The molecular weight excluding hydrogens is 334 g/mol. The Kier molecular flexibility index (Phi) is 7.53. The number of nitrogens with zero attached hydrogens (tertiary/aromatic N) is 4. The average molecular weight is 372 g/mol. The summed E-state index contributed by atoms with van der Waals surface area (Å²) in [6.07, 6.45) is 5.14. The SMILES string of the molecule is CN=C(NCCC(C)N(C)Cc1ccccc1)N1CCC(N2CCCC2)C1. The third kappa shape index (κ3) is 5.69. The summed E-state index contributed by atoms with van der Waals surface area (Å²) in [5.41, 5.74) is 1.38. The number of guanidine groups is 1. The number of likely N-dealkylation sites (tertiary alicyclic amines) is 2. The molecule has 5 heteroatoms. The Balaban J connectivity index is 1.39. The van der Waals surface area contributed by atoms with E-state index in [9.17, 15) is 0 Å². The zero-order chi connectivity index (χ0) is 19.1. The largest absolute Gasteiger partial charge is 0.356 e. The van der Waals surface area contributed by atoms with Gasteiger partial charge in [-0.1, -0.05) is 30.3 Å². The number of aliphatic imine (C=N–C) groups is 1. The van der Waals surface area contributed by atoms with Gasteiger partial charge < -0.3 is 10.2 Å². The van der Waals surface area contributed by atoms with Crippen molar-refractivity contribution < 1.29 is 0 Å². The lowest BCUT2D eigenvalue weighted by molar-refractivity contribution is 0.237. The maximum Gasteiger partial charge on any atom is 0.193 e. The van der Waals surface area contributed by atoms with E-state index in [0.717, 1.165) is 44.6 Å². The van der Waals surface area contributed by atoms with Crippen LogP contribution in [-0.4, -0.2) is 79.6 Å². The Hall–Kier alpha value is -1.59. The predicted octanol–water partition coefficient (Wildman–Crippen LogP) is 2.64. The number of hydrogen-bond acceptors (Lipinski definition) is 3. The van der Waals surface area contributed by atoms with Crippen molar-refractivity contribution in [2.75, 3.05) is 46.8 Å². The van der Waals surface area contributed by atoms with Crippen LogP contribution in [0.4, 0.5) is 0 Å². The molecule has 0 spiro atoms. The molecule has 0 aliphatic carbocycles. The summed E-state index contributed by atoms with van der Waals surface area (Å²) in [4.78, 5) is 12.1. The fourth-order valence-electron chi connectivity index (χ4n) is 4.31. The van der Waals surface area contributed by atoms with Crippen LogP contribution in [0.15, 0.2) is 35.3 Å². The second-order valence-electron chi connectivity index (χ2n) is 8.14. The van der Waals surface area contributed by atoms with Gasteiger partial charge in [0, 0.05) is 45.3 Å². The highest BCUT2D eigenvalue weighted by molar-refractivity contribution is 5.80. The molecule has 0 bridgehead atoms. The molecule has 0 amide bonds. The van der Waals surface area contributed by atoms with Crippen LogP contribution < -0.4 is 5.32 Å². The van der Waals surface area contributed by atoms with Crippen molar-refractivity contribution in [3.05, 3.63) is 35.9 Å². The van der Waals surface area contributed by atoms with E-state index in [2.05, 4.69) is 69.3 Å². The zero-order valence-corrected chi connectivity index (χ0v) is 17.4. The van der Waals surface area contributed by atoms with Gasteiger partial charge in [0.05, 0.1) is 0 Å². The standard InChI is InChI=1S/C22H37N5/c1-19(25(3)17-20-9-5-4-6-10-20)11-13-24-22(23-2)27-16-12-21(18-27)26-14-7-8-15-26/h4-6,9-10,19,21H,7-8,11-18H2,1-3H3,(H,23,24). The maximum atomic E-state index is 4.54. The third-order valence-electron chi connectivity index (χ3n) is 6.20. The summed E-state index contributed by atoms with van der Waals surface area (Å²) in [6.45, 7) is 9.11. The summed E-state index contributed by atoms with van der Waals surface area (Å²) in [6, 6.07) is 12.0. The van der Waals surface area contributed by atoms with Crippen molar-refractivity contribution in [1.82, 2.24) is 20.0 Å². The van der Waals surface area contributed by atoms with Crippen LogP contribution in [0.5, 0.6) is 0 Å². The van der Waals surface area contributed by atoms with Gasteiger partial charge >= 0.3 is 0 Å². The molecular formula is C22H37N5. The summed E-state index contributed by atoms with van der Waals surface area (Å²) in [7, 11) is 4.13. The maximum absolute atomic E-state index is 4.54. The lowest BCUT2D eigenvalue weighted by Crippen LogP contribution is -2.43. The first kappa shape index (κ1) is 20.2. The fraction of sp³-hybridized carbons (Fsp3) is 0.682. The van der Waals surface area contributed by atoms with Crippen molar-refractivity contribution in [3.8, 4) is 0 Å². The summed E-state index contributed by atoms with van der Waals surface area (Å²) < 4.78 is 0. The molecule has 1 aromatic rings. The normalized spacial score (nSPS) is 22.6. The van der Waals surface area contributed by atoms with Gasteiger partial charge in [0.2, 0.25) is 0 Å². The van der Waals surface area contributed by atoms with E-state index in [-0.39, 0.29) is 0 Å². The van der Waals surface area contributed by atoms with Crippen LogP contribution in [-0.2, 0) is 6.54 Å². The highest BCUT2D eigenvalue weighted by Gasteiger charge is 2.30. The molecule has 2 unspecified atom stereocenters. The van der Waals surface area contributed by atoms with E-state index < -0.39 is 0 Å². The number of hydrogen-bond donors (Lipinski definition) is 1. The molecule has 5 nitrogen and oxygen atoms in total. The van der Waals surface area contributed by atoms with Gasteiger partial charge in [0.15, 0.2) is 5.96 Å². The monoisotopic (exact) mass is 371 g/mol. The Morgan fingerprint density at radius 1 is 1.22 bits per heavy atom. The van der Waals surface area contributed by atoms with Crippen LogP contribution in [0, 0.1) is 0 Å². The summed E-state index contributed by atoms with van der Waals surface area (Å²) in [5, 5.41) is 3.60. The van der Waals surface area contributed by atoms with Gasteiger partial charge in [0.1, 0.15) is 0 Å². The molecule has 0 saturated carbocycles. The van der Waals surface area contributed by atoms with Crippen molar-refractivity contribution in [2.45, 2.75) is 51.2 Å². The summed E-state index contributed by atoms with van der Waals surface area (Å²) in [5.74, 6) is 1.08. The number of benzene rings is 1. The number of rotatable bonds is 7. The van der Waals surface area contributed by atoms with Crippen molar-refractivity contribution in [1.29, 1.82) is 0 Å². The molecule has 0 radical (unpaired) electrons. The number of nitrogens with one attached hydrogen (secondary N) is 1. The molecule has 2 fully saturated rings. The molecule has 0 aromatic heterocycles. The first-order valence-corrected chi connectivity index (χ1v) is 10.6. The minimum absolute atomic E-state index is 0.534. The third-order valence-corrected chi connectivity index (χ3v) is 6.20. The van der Waals surface area contributed by atoms with Crippen LogP contribution >= 0.6 is 0 Å². The predicted molar refractivity (Wildman–Crippen MR) is 114 cm³/mol. The van der Waals surface area contributed by atoms with Gasteiger partial charge in [-0.2, -0.15) is 0 Å². The second-order valence-corrected chi connectivity index (χ2v) is 8.14. The van der Waals surface area contributed by atoms with Crippen LogP contribution in [0.1, 0.15) is 38.2 Å². The van der Waals surface area contributed by atoms with Gasteiger partial charge in [-0.3, -0.25) is 14.8 Å². The molecule has 1 N–H and O–H groups in total. The van der Waals surface area contributed by atoms with Crippen LogP contribution in [0.25, 0.3) is 0 Å². The van der Waals surface area contributed by atoms with Gasteiger partial charge in [-0.25, -0.2) is 0 Å². The van der Waals surface area contributed by atoms with Crippen molar-refractivity contribution >= 4 is 5.96 Å². The van der Waals surface area contributed by atoms with E-state index in [1.165, 1.54) is 37.9 Å². The molecule has 2 aliphatic rings. The second kappa shape index (κ2) is 10.1. The quantitative estimate of drug-likeness (QED) is 0.590. The molecule has 150 valence electrons. The molecule has 2 saturated heterocycles. The zero-order valence-electron chi connectivity index (χ0n) is 17.4. The minimum atomic E-state index is 0.534. The van der Waals surface area contributed by atoms with Gasteiger partial charge in [-0.15, -0.1) is 0 Å². The average Bonchev–Trinajstić information content (AvgIpc) is 3.37. The van der Waals surface area contributed by atoms with Crippen molar-refractivity contribution in [3.63, 3.8) is 0 Å². The van der Waals surface area contributed by atoms with Gasteiger partial charge in [0.25, 0.3) is 0 Å². The fourth-order valence-corrected chi connectivity index (χ4v) is 4.31. The Bertz CT molecular complexity index is 582. The van der Waals surface area contributed by atoms with E-state index >= 15 is 0 Å². The Labute approximate surface area is 165 Å². The molecule has 27 heavy (non-hydrogen) atoms. The summed E-state index contributed by atoms with van der Waals surface area (Å²) >= 11 is 0. The lowest BCUT2D eigenvalue weighted by atomic mass is 10.1. The van der Waals surface area contributed by atoms with Crippen molar-refractivity contribution in [2.24, 2.45) is 4.99 Å². The molecule has 2 heterocycles. The van der Waals surface area contributed by atoms with E-state index in [0.29, 0.717) is 6.04 Å². The lowest BCUT2D eigenvalue weighted by Gasteiger charge is -2.27. The first-order chi connectivity index (χ1) is 13.2. The highest BCUT2D eigenvalue weighted by atomic mass is 15.3. The topological polar surface area (TPSA) is 34.1 Å². The smallest absolute Gasteiger partial charge is 0.193 e. The first-order valence-electron chi connectivity index (χ1n) is 10.6. The molecule has 2 aliphatic heterocycles. The van der Waals surface area contributed by atoms with E-state index in [1.54, 1.807) is 0 Å². The Morgan fingerprint density at radius 2 is 1.96 bits per heavy atom. The van der Waals surface area contributed by atoms with Gasteiger partial charge in [-0.05, 0) is 58.3 Å². The van der Waals surface area contributed by atoms with Crippen LogP contribution in [0.2, 0.25) is 0 Å². The highest BCUT2D eigenvalue weighted by Crippen LogP contribution is 2.20. The molecule has 1 aromatic carbocycles. The van der Waals surface area contributed by atoms with Crippen LogP contribution in [0.3, 0.4) is 0 Å².